The zero-order valence-electron chi connectivity index (χ0n) is 10.2. The summed E-state index contributed by atoms with van der Waals surface area (Å²) in [7, 11) is 0. The zero-order chi connectivity index (χ0) is 12.5. The van der Waals surface area contributed by atoms with Gasteiger partial charge in [0.05, 0.1) is 5.75 Å². The van der Waals surface area contributed by atoms with Gasteiger partial charge in [-0.2, -0.15) is 0 Å². The number of rotatable bonds is 8. The van der Waals surface area contributed by atoms with Crippen LogP contribution in [0.3, 0.4) is 0 Å². The monoisotopic (exact) mass is 254 g/mol. The Morgan fingerprint density at radius 1 is 1.29 bits per heavy atom. The Morgan fingerprint density at radius 3 is 2.82 bits per heavy atom. The molecule has 0 N–H and O–H groups in total. The molecule has 1 aromatic carbocycles. The van der Waals surface area contributed by atoms with Crippen molar-refractivity contribution in [3.05, 3.63) is 30.1 Å². The molecule has 1 aromatic rings. The number of hydrogen-bond acceptors (Lipinski definition) is 2. The SMILES string of the molecule is CCCCCCC(=O)CSc1cccc(F)c1. The minimum Gasteiger partial charge on any atom is -0.299 e. The van der Waals surface area contributed by atoms with E-state index in [0.717, 1.165) is 17.7 Å². The largest absolute Gasteiger partial charge is 0.299 e. The van der Waals surface area contributed by atoms with Crippen LogP contribution in [0.25, 0.3) is 0 Å². The van der Waals surface area contributed by atoms with Gasteiger partial charge in [-0.1, -0.05) is 32.3 Å². The van der Waals surface area contributed by atoms with Crippen LogP contribution in [0, 0.1) is 5.82 Å². The van der Waals surface area contributed by atoms with E-state index in [0.29, 0.717) is 12.2 Å². The van der Waals surface area contributed by atoms with Crippen LogP contribution in [0.4, 0.5) is 4.39 Å². The normalized spacial score (nSPS) is 10.5. The Kier molecular flexibility index (Phi) is 6.94. The maximum Gasteiger partial charge on any atom is 0.143 e. The Hall–Kier alpha value is -0.830. The molecular weight excluding hydrogens is 235 g/mol. The molecule has 0 radical (unpaired) electrons. The second-order valence-corrected chi connectivity index (χ2v) is 5.14. The third kappa shape index (κ3) is 6.47. The van der Waals surface area contributed by atoms with E-state index in [1.54, 1.807) is 6.07 Å². The Bertz CT molecular complexity index is 352. The molecule has 3 heteroatoms. The minimum absolute atomic E-state index is 0.245. The number of unbranched alkanes of at least 4 members (excludes halogenated alkanes) is 3. The molecule has 0 aliphatic rings. The predicted molar refractivity (Wildman–Crippen MR) is 70.9 cm³/mol. The molecule has 0 atom stereocenters. The first-order valence-electron chi connectivity index (χ1n) is 6.12. The van der Waals surface area contributed by atoms with E-state index in [1.165, 1.54) is 36.7 Å². The van der Waals surface area contributed by atoms with Gasteiger partial charge in [-0.15, -0.1) is 11.8 Å². The van der Waals surface area contributed by atoms with Gasteiger partial charge >= 0.3 is 0 Å². The van der Waals surface area contributed by atoms with E-state index in [2.05, 4.69) is 6.92 Å². The van der Waals surface area contributed by atoms with Crippen LogP contribution in [0.5, 0.6) is 0 Å². The van der Waals surface area contributed by atoms with Gasteiger partial charge < -0.3 is 0 Å². The summed E-state index contributed by atoms with van der Waals surface area (Å²) in [6.07, 6.45) is 5.15. The number of ketones is 1. The van der Waals surface area contributed by atoms with E-state index < -0.39 is 0 Å². The first kappa shape index (κ1) is 14.2. The van der Waals surface area contributed by atoms with E-state index in [1.807, 2.05) is 6.07 Å². The van der Waals surface area contributed by atoms with Gasteiger partial charge in [-0.05, 0) is 24.6 Å². The lowest BCUT2D eigenvalue weighted by Gasteiger charge is -2.01. The third-order valence-corrected chi connectivity index (χ3v) is 3.56. The Morgan fingerprint density at radius 2 is 2.12 bits per heavy atom. The van der Waals surface area contributed by atoms with Crippen molar-refractivity contribution in [3.63, 3.8) is 0 Å². The highest BCUT2D eigenvalue weighted by Crippen LogP contribution is 2.19. The predicted octanol–water partition coefficient (Wildman–Crippen LogP) is 4.46. The van der Waals surface area contributed by atoms with Gasteiger partial charge in [-0.3, -0.25) is 4.79 Å². The van der Waals surface area contributed by atoms with Crippen molar-refractivity contribution in [2.75, 3.05) is 5.75 Å². The molecule has 0 aromatic heterocycles. The van der Waals surface area contributed by atoms with Crippen LogP contribution < -0.4 is 0 Å². The van der Waals surface area contributed by atoms with E-state index in [4.69, 9.17) is 0 Å². The van der Waals surface area contributed by atoms with E-state index in [-0.39, 0.29) is 11.6 Å². The van der Waals surface area contributed by atoms with Crippen LogP contribution in [0.1, 0.15) is 39.0 Å². The smallest absolute Gasteiger partial charge is 0.143 e. The summed E-state index contributed by atoms with van der Waals surface area (Å²) in [6, 6.07) is 6.38. The molecule has 0 fully saturated rings. The quantitative estimate of drug-likeness (QED) is 0.503. The van der Waals surface area contributed by atoms with Gasteiger partial charge in [0.1, 0.15) is 11.6 Å². The molecule has 0 unspecified atom stereocenters. The minimum atomic E-state index is -0.245. The lowest BCUT2D eigenvalue weighted by molar-refractivity contribution is -0.116. The number of carbonyl (C=O) groups is 1. The number of halogens is 1. The lowest BCUT2D eigenvalue weighted by atomic mass is 10.1. The Labute approximate surface area is 107 Å². The average molecular weight is 254 g/mol. The third-order valence-electron chi connectivity index (χ3n) is 2.51. The van der Waals surface area contributed by atoms with Crippen molar-refractivity contribution in [2.24, 2.45) is 0 Å². The Balaban J connectivity index is 2.19. The fraction of sp³-hybridized carbons (Fsp3) is 0.500. The summed E-state index contributed by atoms with van der Waals surface area (Å²) >= 11 is 1.42. The molecule has 94 valence electrons. The number of benzene rings is 1. The number of Topliss-reactive ketones (excluding diaryl/α,β-unsaturated/α-hetero) is 1. The lowest BCUT2D eigenvalue weighted by Crippen LogP contribution is -2.00. The summed E-state index contributed by atoms with van der Waals surface area (Å²) in [5.41, 5.74) is 0. The number of hydrogen-bond donors (Lipinski definition) is 0. The highest BCUT2D eigenvalue weighted by molar-refractivity contribution is 8.00. The molecule has 0 saturated carbocycles. The molecule has 0 aliphatic carbocycles. The summed E-state index contributed by atoms with van der Waals surface area (Å²) < 4.78 is 12.9. The van der Waals surface area contributed by atoms with Gasteiger partial charge in [0.2, 0.25) is 0 Å². The standard InChI is InChI=1S/C14H19FOS/c1-2-3-4-5-8-13(16)11-17-14-9-6-7-12(15)10-14/h6-7,9-10H,2-5,8,11H2,1H3. The second-order valence-electron chi connectivity index (χ2n) is 4.10. The summed E-state index contributed by atoms with van der Waals surface area (Å²) in [6.45, 7) is 2.15. The number of carbonyl (C=O) groups excluding carboxylic acids is 1. The highest BCUT2D eigenvalue weighted by atomic mass is 32.2. The fourth-order valence-corrected chi connectivity index (χ4v) is 2.38. The van der Waals surface area contributed by atoms with Crippen molar-refractivity contribution in [2.45, 2.75) is 43.9 Å². The van der Waals surface area contributed by atoms with Crippen molar-refractivity contribution in [1.82, 2.24) is 0 Å². The van der Waals surface area contributed by atoms with Crippen molar-refractivity contribution in [1.29, 1.82) is 0 Å². The number of thioether (sulfide) groups is 1. The molecular formula is C14H19FOS. The molecule has 17 heavy (non-hydrogen) atoms. The van der Waals surface area contributed by atoms with Gasteiger partial charge in [0, 0.05) is 11.3 Å². The van der Waals surface area contributed by atoms with Crippen LogP contribution in [0.15, 0.2) is 29.2 Å². The summed E-state index contributed by atoms with van der Waals surface area (Å²) in [5, 5.41) is 0. The second kappa shape index (κ2) is 8.29. The molecule has 0 bridgehead atoms. The molecule has 1 nitrogen and oxygen atoms in total. The van der Waals surface area contributed by atoms with Crippen LogP contribution in [-0.2, 0) is 4.79 Å². The van der Waals surface area contributed by atoms with E-state index in [9.17, 15) is 9.18 Å². The van der Waals surface area contributed by atoms with Gasteiger partial charge in [0.25, 0.3) is 0 Å². The van der Waals surface area contributed by atoms with E-state index >= 15 is 0 Å². The molecule has 1 rings (SSSR count). The van der Waals surface area contributed by atoms with Crippen molar-refractivity contribution < 1.29 is 9.18 Å². The van der Waals surface area contributed by atoms with Gasteiger partial charge in [-0.25, -0.2) is 4.39 Å². The molecule has 0 heterocycles. The topological polar surface area (TPSA) is 17.1 Å². The maximum absolute atomic E-state index is 12.9. The molecule has 0 amide bonds. The van der Waals surface area contributed by atoms with Crippen LogP contribution in [0.2, 0.25) is 0 Å². The first-order valence-corrected chi connectivity index (χ1v) is 7.11. The van der Waals surface area contributed by atoms with Crippen molar-refractivity contribution in [3.8, 4) is 0 Å². The first-order chi connectivity index (χ1) is 8.22. The molecule has 0 spiro atoms. The van der Waals surface area contributed by atoms with Gasteiger partial charge in [0.15, 0.2) is 0 Å². The van der Waals surface area contributed by atoms with Crippen LogP contribution >= 0.6 is 11.8 Å². The fourth-order valence-electron chi connectivity index (χ4n) is 1.54. The molecule has 0 saturated heterocycles. The maximum atomic E-state index is 12.9. The summed E-state index contributed by atoms with van der Waals surface area (Å²) in [5.74, 6) is 0.469. The molecule has 0 aliphatic heterocycles. The average Bonchev–Trinajstić information content (AvgIpc) is 2.32. The zero-order valence-corrected chi connectivity index (χ0v) is 11.1. The van der Waals surface area contributed by atoms with Crippen LogP contribution in [-0.4, -0.2) is 11.5 Å². The highest BCUT2D eigenvalue weighted by Gasteiger charge is 2.03. The summed E-state index contributed by atoms with van der Waals surface area (Å²) in [4.78, 5) is 12.4. The van der Waals surface area contributed by atoms with Crippen molar-refractivity contribution >= 4 is 17.5 Å².